The molecule has 13 heteroatoms. The molecule has 0 aliphatic carbocycles. The Balaban J connectivity index is 1.74. The van der Waals surface area contributed by atoms with E-state index in [0.717, 1.165) is 0 Å². The molecule has 4 atom stereocenters. The zero-order chi connectivity index (χ0) is 20.7. The van der Waals surface area contributed by atoms with Gasteiger partial charge in [-0.3, -0.25) is 4.57 Å². The number of ether oxygens (including phenoxy) is 2. The number of aliphatic hydroxyl groups is 3. The third kappa shape index (κ3) is 3.19. The van der Waals surface area contributed by atoms with Crippen LogP contribution in [-0.4, -0.2) is 82.1 Å². The van der Waals surface area contributed by atoms with Gasteiger partial charge in [0.1, 0.15) is 23.8 Å². The van der Waals surface area contributed by atoms with Gasteiger partial charge in [-0.2, -0.15) is 15.1 Å². The maximum Gasteiger partial charge on any atom is 0.341 e. The van der Waals surface area contributed by atoms with Crippen molar-refractivity contribution < 1.29 is 29.6 Å². The number of aromatic nitrogens is 6. The summed E-state index contributed by atoms with van der Waals surface area (Å²) >= 11 is 0. The number of carbonyl (C=O) groups excluding carboxylic acids is 1. The quantitative estimate of drug-likeness (QED) is 0.358. The maximum absolute atomic E-state index is 11.8. The van der Waals surface area contributed by atoms with Crippen molar-refractivity contribution in [2.45, 2.75) is 31.5 Å². The van der Waals surface area contributed by atoms with E-state index in [2.05, 4.69) is 20.1 Å². The third-order valence-corrected chi connectivity index (χ3v) is 4.53. The van der Waals surface area contributed by atoms with Crippen LogP contribution < -0.4 is 5.73 Å². The van der Waals surface area contributed by atoms with Crippen LogP contribution in [0.1, 0.15) is 23.5 Å². The van der Waals surface area contributed by atoms with Gasteiger partial charge in [-0.25, -0.2) is 14.5 Å². The second-order valence-corrected chi connectivity index (χ2v) is 6.36. The van der Waals surface area contributed by atoms with Crippen molar-refractivity contribution in [3.05, 3.63) is 24.3 Å². The molecule has 0 amide bonds. The number of aliphatic hydroxyl groups excluding tert-OH is 3. The molecule has 4 rings (SSSR count). The lowest BCUT2D eigenvalue weighted by atomic mass is 10.1. The number of nitrogens with zero attached hydrogens (tertiary/aromatic N) is 6. The van der Waals surface area contributed by atoms with Gasteiger partial charge in [-0.15, -0.1) is 0 Å². The Labute approximate surface area is 163 Å². The number of nitrogens with two attached hydrogens (primary N) is 1. The number of carbonyl (C=O) groups is 1. The van der Waals surface area contributed by atoms with Crippen LogP contribution in [0.25, 0.3) is 17.1 Å². The molecule has 3 aromatic rings. The molecule has 1 aliphatic heterocycles. The Bertz CT molecular complexity index is 1050. The number of imidazole rings is 1. The van der Waals surface area contributed by atoms with Crippen LogP contribution in [0.2, 0.25) is 0 Å². The molecule has 13 nitrogen and oxygen atoms in total. The zero-order valence-electron chi connectivity index (χ0n) is 15.3. The van der Waals surface area contributed by atoms with E-state index in [9.17, 15) is 20.1 Å². The van der Waals surface area contributed by atoms with Crippen LogP contribution >= 0.6 is 0 Å². The Morgan fingerprint density at radius 1 is 1.34 bits per heavy atom. The number of anilines is 1. The lowest BCUT2D eigenvalue weighted by Crippen LogP contribution is -2.33. The predicted molar refractivity (Wildman–Crippen MR) is 95.8 cm³/mol. The summed E-state index contributed by atoms with van der Waals surface area (Å²) in [4.78, 5) is 24.5. The summed E-state index contributed by atoms with van der Waals surface area (Å²) in [5.74, 6) is -0.438. The second-order valence-electron chi connectivity index (χ2n) is 6.36. The Morgan fingerprint density at radius 2 is 2.14 bits per heavy atom. The fourth-order valence-corrected chi connectivity index (χ4v) is 3.08. The first-order valence-electron chi connectivity index (χ1n) is 8.79. The van der Waals surface area contributed by atoms with Gasteiger partial charge in [-0.1, -0.05) is 0 Å². The van der Waals surface area contributed by atoms with Gasteiger partial charge in [0.05, 0.1) is 31.3 Å². The number of esters is 1. The third-order valence-electron chi connectivity index (χ3n) is 4.53. The van der Waals surface area contributed by atoms with Gasteiger partial charge < -0.3 is 30.5 Å². The van der Waals surface area contributed by atoms with Crippen molar-refractivity contribution in [3.8, 4) is 5.95 Å². The van der Waals surface area contributed by atoms with E-state index >= 15 is 0 Å². The maximum atomic E-state index is 11.8. The monoisotopic (exact) mass is 405 g/mol. The van der Waals surface area contributed by atoms with Crippen LogP contribution in [0.5, 0.6) is 0 Å². The normalized spacial score (nSPS) is 24.3. The van der Waals surface area contributed by atoms with Crippen molar-refractivity contribution in [1.82, 2.24) is 29.3 Å². The van der Waals surface area contributed by atoms with E-state index in [-0.39, 0.29) is 35.1 Å². The summed E-state index contributed by atoms with van der Waals surface area (Å²) in [6.45, 7) is 1.45. The van der Waals surface area contributed by atoms with Crippen molar-refractivity contribution >= 4 is 23.0 Å². The molecule has 0 saturated carbocycles. The molecule has 0 radical (unpaired) electrons. The SMILES string of the molecule is CCOC(=O)c1cnn(-c2nc(N)c3ncn(C4OC(CO)C(O)[C@H]4O)c3n2)c1. The molecule has 29 heavy (non-hydrogen) atoms. The van der Waals surface area contributed by atoms with Gasteiger partial charge in [0, 0.05) is 6.20 Å². The van der Waals surface area contributed by atoms with Gasteiger partial charge >= 0.3 is 5.97 Å². The van der Waals surface area contributed by atoms with E-state index in [1.165, 1.54) is 28.0 Å². The summed E-state index contributed by atoms with van der Waals surface area (Å²) in [7, 11) is 0. The molecule has 3 unspecified atom stereocenters. The standard InChI is InChI=1S/C16H19N7O6/c1-2-28-15(27)7-3-19-23(4-7)16-20-12(17)9-13(21-16)22(6-18-9)14-11(26)10(25)8(5-24)29-14/h3-4,6,8,10-11,14,24-26H,2,5H2,1H3,(H2,17,20,21)/t8?,10?,11-,14?/m1/s1. The number of nitrogen functional groups attached to an aromatic ring is 1. The fourth-order valence-electron chi connectivity index (χ4n) is 3.08. The number of hydrogen-bond donors (Lipinski definition) is 4. The Kier molecular flexibility index (Phi) is 4.87. The lowest BCUT2D eigenvalue weighted by Gasteiger charge is -2.16. The molecule has 1 fully saturated rings. The average molecular weight is 405 g/mol. The topological polar surface area (TPSA) is 184 Å². The van der Waals surface area contributed by atoms with Crippen molar-refractivity contribution in [3.63, 3.8) is 0 Å². The average Bonchev–Trinajstić information content (AvgIpc) is 3.41. The Hall–Kier alpha value is -3.13. The van der Waals surface area contributed by atoms with Crippen LogP contribution in [0.3, 0.4) is 0 Å². The highest BCUT2D eigenvalue weighted by Crippen LogP contribution is 2.32. The van der Waals surface area contributed by atoms with Crippen molar-refractivity contribution in [1.29, 1.82) is 0 Å². The van der Waals surface area contributed by atoms with Gasteiger partial charge in [0.15, 0.2) is 17.7 Å². The van der Waals surface area contributed by atoms with Gasteiger partial charge in [0.25, 0.3) is 5.95 Å². The number of rotatable bonds is 5. The molecule has 0 bridgehead atoms. The first-order chi connectivity index (χ1) is 13.9. The zero-order valence-corrected chi connectivity index (χ0v) is 15.3. The fraction of sp³-hybridized carbons (Fsp3) is 0.438. The summed E-state index contributed by atoms with van der Waals surface area (Å²) in [5, 5.41) is 33.6. The molecular weight excluding hydrogens is 386 g/mol. The molecular formula is C16H19N7O6. The molecule has 4 heterocycles. The van der Waals surface area contributed by atoms with Crippen LogP contribution in [0, 0.1) is 0 Å². The predicted octanol–water partition coefficient (Wildman–Crippen LogP) is -1.62. The highest BCUT2D eigenvalue weighted by atomic mass is 16.6. The summed E-state index contributed by atoms with van der Waals surface area (Å²) in [6.07, 6.45) is -0.542. The largest absolute Gasteiger partial charge is 0.462 e. The number of hydrogen-bond acceptors (Lipinski definition) is 11. The van der Waals surface area contributed by atoms with E-state index in [1.807, 2.05) is 0 Å². The molecule has 1 saturated heterocycles. The molecule has 5 N–H and O–H groups in total. The first kappa shape index (κ1) is 19.2. The molecule has 154 valence electrons. The van der Waals surface area contributed by atoms with E-state index in [1.54, 1.807) is 6.92 Å². The second kappa shape index (κ2) is 7.36. The van der Waals surface area contributed by atoms with E-state index in [0.29, 0.717) is 0 Å². The molecule has 1 aliphatic rings. The first-order valence-corrected chi connectivity index (χ1v) is 8.79. The minimum atomic E-state index is -1.32. The van der Waals surface area contributed by atoms with Crippen LogP contribution in [0.15, 0.2) is 18.7 Å². The molecule has 3 aromatic heterocycles. The van der Waals surface area contributed by atoms with Crippen LogP contribution in [-0.2, 0) is 9.47 Å². The van der Waals surface area contributed by atoms with Crippen molar-refractivity contribution in [2.75, 3.05) is 18.9 Å². The highest BCUT2D eigenvalue weighted by molar-refractivity contribution is 5.89. The summed E-state index contributed by atoms with van der Waals surface area (Å²) < 4.78 is 13.1. The molecule has 0 spiro atoms. The molecule has 0 aromatic carbocycles. The Morgan fingerprint density at radius 3 is 2.83 bits per heavy atom. The van der Waals surface area contributed by atoms with Crippen molar-refractivity contribution in [2.24, 2.45) is 0 Å². The number of fused-ring (bicyclic) bond motifs is 1. The smallest absolute Gasteiger partial charge is 0.341 e. The lowest BCUT2D eigenvalue weighted by molar-refractivity contribution is -0.0511. The van der Waals surface area contributed by atoms with E-state index < -0.39 is 37.1 Å². The minimum absolute atomic E-state index is 0.0451. The van der Waals surface area contributed by atoms with Gasteiger partial charge in [-0.05, 0) is 6.92 Å². The minimum Gasteiger partial charge on any atom is -0.462 e. The highest BCUT2D eigenvalue weighted by Gasteiger charge is 2.44. The summed E-state index contributed by atoms with van der Waals surface area (Å²) in [6, 6.07) is 0. The summed E-state index contributed by atoms with van der Waals surface area (Å²) in [5.41, 5.74) is 6.67. The van der Waals surface area contributed by atoms with Crippen LogP contribution in [0.4, 0.5) is 5.82 Å². The van der Waals surface area contributed by atoms with Gasteiger partial charge in [0.2, 0.25) is 0 Å². The van der Waals surface area contributed by atoms with E-state index in [4.69, 9.17) is 15.2 Å².